The molecule has 0 radical (unpaired) electrons. The minimum absolute atomic E-state index is 0.139. The fourth-order valence-electron chi connectivity index (χ4n) is 3.26. The highest BCUT2D eigenvalue weighted by Crippen LogP contribution is 2.34. The summed E-state index contributed by atoms with van der Waals surface area (Å²) in [6, 6.07) is 21.2. The van der Waals surface area contributed by atoms with Gasteiger partial charge in [-0.3, -0.25) is 4.79 Å². The van der Waals surface area contributed by atoms with Crippen molar-refractivity contribution in [3.05, 3.63) is 94.1 Å². The van der Waals surface area contributed by atoms with E-state index in [4.69, 9.17) is 28.2 Å². The van der Waals surface area contributed by atoms with E-state index in [1.54, 1.807) is 11.1 Å². The van der Waals surface area contributed by atoms with Crippen LogP contribution < -0.4 is 0 Å². The molecule has 0 bridgehead atoms. The average Bonchev–Trinajstić information content (AvgIpc) is 3.37. The summed E-state index contributed by atoms with van der Waals surface area (Å²) < 4.78 is 6.43. The van der Waals surface area contributed by atoms with Gasteiger partial charge in [-0.05, 0) is 42.0 Å². The molecule has 32 heavy (non-hydrogen) atoms. The third kappa shape index (κ3) is 5.22. The van der Waals surface area contributed by atoms with Gasteiger partial charge in [0, 0.05) is 29.8 Å². The van der Waals surface area contributed by atoms with E-state index in [9.17, 15) is 4.79 Å². The van der Waals surface area contributed by atoms with Crippen LogP contribution in [-0.4, -0.2) is 33.3 Å². The molecule has 1 saturated heterocycles. The van der Waals surface area contributed by atoms with E-state index >= 15 is 0 Å². The minimum atomic E-state index is -0.139. The number of amides is 1. The maximum Gasteiger partial charge on any atom is 0.281 e. The molecule has 2 heterocycles. The van der Waals surface area contributed by atoms with Gasteiger partial charge in [-0.2, -0.15) is 0 Å². The maximum absolute atomic E-state index is 13.1. The summed E-state index contributed by atoms with van der Waals surface area (Å²) in [5, 5.41) is 4.17. The third-order valence-corrected chi connectivity index (χ3v) is 6.41. The number of carbonyl (C=O) groups excluding carboxylic acids is 1. The van der Waals surface area contributed by atoms with E-state index in [0.717, 1.165) is 11.1 Å². The van der Waals surface area contributed by atoms with Crippen LogP contribution in [0.4, 0.5) is 0 Å². The van der Waals surface area contributed by atoms with Gasteiger partial charge in [0.2, 0.25) is 0 Å². The van der Waals surface area contributed by atoms with Crippen molar-refractivity contribution in [2.45, 2.75) is 6.92 Å². The quantitative estimate of drug-likeness (QED) is 0.276. The zero-order valence-corrected chi connectivity index (χ0v) is 19.8. The average molecular weight is 481 g/mol. The number of furan rings is 1. The van der Waals surface area contributed by atoms with E-state index in [1.165, 1.54) is 11.8 Å². The fourth-order valence-corrected chi connectivity index (χ4v) is 4.67. The molecule has 4 nitrogen and oxygen atoms in total. The van der Waals surface area contributed by atoms with Gasteiger partial charge < -0.3 is 4.42 Å². The number of hydrogen-bond acceptors (Lipinski definition) is 5. The molecule has 1 aliphatic heterocycles. The van der Waals surface area contributed by atoms with Crippen LogP contribution >= 0.6 is 35.6 Å². The summed E-state index contributed by atoms with van der Waals surface area (Å²) in [5.74, 6) is 1.17. The summed E-state index contributed by atoms with van der Waals surface area (Å²) in [7, 11) is 0. The van der Waals surface area contributed by atoms with Gasteiger partial charge >= 0.3 is 0 Å². The number of thiocarbonyl (C=S) groups is 1. The molecule has 4 rings (SSSR count). The minimum Gasteiger partial charge on any atom is -0.457 e. The predicted octanol–water partition coefficient (Wildman–Crippen LogP) is 6.75. The predicted molar refractivity (Wildman–Crippen MR) is 137 cm³/mol. The van der Waals surface area contributed by atoms with E-state index in [2.05, 4.69) is 0 Å². The normalized spacial score (nSPS) is 15.6. The molecule has 2 aromatic carbocycles. The van der Waals surface area contributed by atoms with Crippen LogP contribution in [-0.2, 0) is 4.79 Å². The summed E-state index contributed by atoms with van der Waals surface area (Å²) in [5.41, 5.74) is 2.03. The van der Waals surface area contributed by atoms with Crippen LogP contribution in [0.1, 0.15) is 18.2 Å². The summed E-state index contributed by atoms with van der Waals surface area (Å²) in [6.45, 7) is 3.23. The van der Waals surface area contributed by atoms with Crippen LogP contribution in [0.3, 0.4) is 0 Å². The van der Waals surface area contributed by atoms with Crippen LogP contribution in [0.2, 0.25) is 5.02 Å². The van der Waals surface area contributed by atoms with Gasteiger partial charge in [-0.25, -0.2) is 10.0 Å². The van der Waals surface area contributed by atoms with Crippen molar-refractivity contribution in [3.63, 3.8) is 0 Å². The van der Waals surface area contributed by atoms with Gasteiger partial charge in [0.15, 0.2) is 4.32 Å². The van der Waals surface area contributed by atoms with Gasteiger partial charge in [0.1, 0.15) is 11.5 Å². The molecule has 1 aliphatic rings. The first kappa shape index (κ1) is 22.6. The zero-order chi connectivity index (χ0) is 22.5. The summed E-state index contributed by atoms with van der Waals surface area (Å²) in [6.07, 6.45) is 5.82. The van der Waals surface area contributed by atoms with Crippen LogP contribution in [0.15, 0.2) is 82.1 Å². The van der Waals surface area contributed by atoms with E-state index in [0.29, 0.717) is 38.9 Å². The van der Waals surface area contributed by atoms with Crippen molar-refractivity contribution in [1.29, 1.82) is 0 Å². The second kappa shape index (κ2) is 10.3. The Morgan fingerprint density at radius 2 is 1.84 bits per heavy atom. The highest BCUT2D eigenvalue weighted by atomic mass is 35.5. The molecule has 1 amide bonds. The SMILES string of the molecule is CCN(C/C=C\c1ccccc1)N1C(=O)/C(=C/c2ccc(-c3ccc(Cl)cc3)o2)SC1=S. The Hall–Kier alpha value is -2.64. The van der Waals surface area contributed by atoms with Crippen LogP contribution in [0.5, 0.6) is 0 Å². The largest absolute Gasteiger partial charge is 0.457 e. The number of rotatable bonds is 7. The topological polar surface area (TPSA) is 36.7 Å². The number of likely N-dealkylation sites (N-methyl/N-ethyl adjacent to an activating group) is 1. The number of hydrazine groups is 1. The molecule has 0 atom stereocenters. The Morgan fingerprint density at radius 3 is 2.56 bits per heavy atom. The maximum atomic E-state index is 13.1. The highest BCUT2D eigenvalue weighted by Gasteiger charge is 2.35. The second-order valence-corrected chi connectivity index (χ2v) is 9.13. The molecule has 0 saturated carbocycles. The molecular formula is C25H21ClN2O2S2. The number of thioether (sulfide) groups is 1. The summed E-state index contributed by atoms with van der Waals surface area (Å²) in [4.78, 5) is 13.6. The van der Waals surface area contributed by atoms with E-state index < -0.39 is 0 Å². The first-order valence-electron chi connectivity index (χ1n) is 10.2. The lowest BCUT2D eigenvalue weighted by Gasteiger charge is -2.28. The van der Waals surface area contributed by atoms with Crippen molar-refractivity contribution >= 4 is 58.0 Å². The van der Waals surface area contributed by atoms with Crippen LogP contribution in [0, 0.1) is 0 Å². The lowest BCUT2D eigenvalue weighted by molar-refractivity contribution is -0.132. The number of hydrogen-bond donors (Lipinski definition) is 0. The van der Waals surface area contributed by atoms with Crippen molar-refractivity contribution < 1.29 is 9.21 Å². The lowest BCUT2D eigenvalue weighted by atomic mass is 10.2. The first-order valence-corrected chi connectivity index (χ1v) is 11.8. The number of carbonyl (C=O) groups is 1. The van der Waals surface area contributed by atoms with Crippen molar-refractivity contribution in [1.82, 2.24) is 10.0 Å². The second-order valence-electron chi connectivity index (χ2n) is 7.02. The Labute approximate surface area is 202 Å². The van der Waals surface area contributed by atoms with Gasteiger partial charge in [0.05, 0.1) is 4.91 Å². The molecule has 0 unspecified atom stereocenters. The Bertz CT molecular complexity index is 1170. The number of halogens is 1. The van der Waals surface area contributed by atoms with Gasteiger partial charge in [0.25, 0.3) is 5.91 Å². The molecule has 0 aliphatic carbocycles. The Morgan fingerprint density at radius 1 is 1.09 bits per heavy atom. The smallest absolute Gasteiger partial charge is 0.281 e. The molecule has 1 aromatic heterocycles. The lowest BCUT2D eigenvalue weighted by Crippen LogP contribution is -2.45. The fraction of sp³-hybridized carbons (Fsp3) is 0.120. The van der Waals surface area contributed by atoms with Gasteiger partial charge in [-0.15, -0.1) is 0 Å². The molecule has 1 fully saturated rings. The number of benzene rings is 2. The molecule has 0 N–H and O–H groups in total. The molecule has 7 heteroatoms. The molecule has 3 aromatic rings. The van der Waals surface area contributed by atoms with Crippen molar-refractivity contribution in [3.8, 4) is 11.3 Å². The van der Waals surface area contributed by atoms with Crippen LogP contribution in [0.25, 0.3) is 23.5 Å². The molecular weight excluding hydrogens is 460 g/mol. The summed E-state index contributed by atoms with van der Waals surface area (Å²) >= 11 is 12.7. The monoisotopic (exact) mass is 480 g/mol. The zero-order valence-electron chi connectivity index (χ0n) is 17.4. The number of nitrogens with zero attached hydrogens (tertiary/aromatic N) is 2. The first-order chi connectivity index (χ1) is 15.5. The van der Waals surface area contributed by atoms with Crippen molar-refractivity contribution in [2.75, 3.05) is 13.1 Å². The molecule has 162 valence electrons. The van der Waals surface area contributed by atoms with E-state index in [1.807, 2.05) is 90.8 Å². The Balaban J connectivity index is 1.47. The third-order valence-electron chi connectivity index (χ3n) is 4.88. The molecule has 0 spiro atoms. The van der Waals surface area contributed by atoms with Gasteiger partial charge in [-0.1, -0.05) is 85.0 Å². The van der Waals surface area contributed by atoms with E-state index in [-0.39, 0.29) is 5.91 Å². The Kier molecular flexibility index (Phi) is 7.27. The standard InChI is InChI=1S/C25H21ClN2O2S2/c1-2-27(16-6-9-18-7-4-3-5-8-18)28-24(29)23(32-25(28)31)17-21-14-15-22(30-21)19-10-12-20(26)13-11-19/h3-15,17H,2,16H2,1H3/b9-6-,23-17-. The highest BCUT2D eigenvalue weighted by molar-refractivity contribution is 8.26. The van der Waals surface area contributed by atoms with Crippen molar-refractivity contribution in [2.24, 2.45) is 0 Å².